The molecule has 0 aromatic rings. The monoisotopic (exact) mass is 224 g/mol. The molecule has 1 N–H and O–H groups in total. The Morgan fingerprint density at radius 3 is 2.69 bits per heavy atom. The van der Waals surface area contributed by atoms with E-state index in [4.69, 9.17) is 0 Å². The molecule has 0 spiro atoms. The van der Waals surface area contributed by atoms with Crippen molar-refractivity contribution < 1.29 is 0 Å². The van der Waals surface area contributed by atoms with E-state index in [1.54, 1.807) is 0 Å². The van der Waals surface area contributed by atoms with Gasteiger partial charge in [0.15, 0.2) is 0 Å². The fraction of sp³-hybridized carbons (Fsp3) is 1.00. The van der Waals surface area contributed by atoms with Crippen LogP contribution in [0.15, 0.2) is 0 Å². The maximum atomic E-state index is 3.32. The molecule has 94 valence electrons. The molecule has 2 rings (SSSR count). The molecule has 1 saturated heterocycles. The lowest BCUT2D eigenvalue weighted by atomic mass is 9.88. The van der Waals surface area contributed by atoms with E-state index < -0.39 is 0 Å². The van der Waals surface area contributed by atoms with E-state index >= 15 is 0 Å². The average Bonchev–Trinajstić information content (AvgIpc) is 2.76. The van der Waals surface area contributed by atoms with E-state index in [1.807, 2.05) is 0 Å². The Morgan fingerprint density at radius 1 is 1.19 bits per heavy atom. The summed E-state index contributed by atoms with van der Waals surface area (Å²) in [5.74, 6) is 1.79. The van der Waals surface area contributed by atoms with Crippen LogP contribution in [0.5, 0.6) is 0 Å². The highest BCUT2D eigenvalue weighted by molar-refractivity contribution is 4.92. The number of piperidine rings is 1. The molecule has 0 amide bonds. The molecule has 2 aliphatic rings. The minimum absolute atomic E-state index is 0.748. The highest BCUT2D eigenvalue weighted by Gasteiger charge is 2.37. The second-order valence-electron chi connectivity index (χ2n) is 5.91. The first-order valence-electron chi connectivity index (χ1n) is 7.14. The Bertz CT molecular complexity index is 217. The topological polar surface area (TPSA) is 15.3 Å². The van der Waals surface area contributed by atoms with Gasteiger partial charge in [0, 0.05) is 12.1 Å². The zero-order valence-electron chi connectivity index (χ0n) is 11.2. The molecule has 0 aromatic carbocycles. The van der Waals surface area contributed by atoms with Gasteiger partial charge in [0.2, 0.25) is 0 Å². The van der Waals surface area contributed by atoms with Gasteiger partial charge in [-0.25, -0.2) is 0 Å². The van der Waals surface area contributed by atoms with Crippen molar-refractivity contribution in [2.24, 2.45) is 11.8 Å². The number of nitrogens with zero attached hydrogens (tertiary/aromatic N) is 1. The molecular weight excluding hydrogens is 196 g/mol. The lowest BCUT2D eigenvalue weighted by molar-refractivity contribution is 0.0515. The molecule has 2 heteroatoms. The maximum absolute atomic E-state index is 3.32. The number of hydrogen-bond donors (Lipinski definition) is 1. The van der Waals surface area contributed by atoms with Gasteiger partial charge in [-0.1, -0.05) is 13.3 Å². The van der Waals surface area contributed by atoms with Crippen LogP contribution in [-0.2, 0) is 0 Å². The molecule has 16 heavy (non-hydrogen) atoms. The minimum atomic E-state index is 0.748. The number of nitrogens with one attached hydrogen (secondary N) is 1. The van der Waals surface area contributed by atoms with E-state index in [9.17, 15) is 0 Å². The lowest BCUT2D eigenvalue weighted by Gasteiger charge is -2.43. The summed E-state index contributed by atoms with van der Waals surface area (Å²) >= 11 is 0. The zero-order valence-corrected chi connectivity index (χ0v) is 11.2. The largest absolute Gasteiger partial charge is 0.319 e. The molecule has 1 aliphatic carbocycles. The highest BCUT2D eigenvalue weighted by Crippen LogP contribution is 2.38. The van der Waals surface area contributed by atoms with Gasteiger partial charge >= 0.3 is 0 Å². The quantitative estimate of drug-likeness (QED) is 0.789. The van der Waals surface area contributed by atoms with E-state index in [1.165, 1.54) is 38.6 Å². The van der Waals surface area contributed by atoms with Crippen LogP contribution in [0.25, 0.3) is 0 Å². The van der Waals surface area contributed by atoms with Crippen LogP contribution in [-0.4, -0.2) is 37.1 Å². The molecule has 1 saturated carbocycles. The summed E-state index contributed by atoms with van der Waals surface area (Å²) in [5, 5.41) is 3.32. The highest BCUT2D eigenvalue weighted by atomic mass is 15.2. The Kier molecular flexibility index (Phi) is 4.26. The lowest BCUT2D eigenvalue weighted by Crippen LogP contribution is -2.50. The second kappa shape index (κ2) is 5.50. The van der Waals surface area contributed by atoms with Crippen LogP contribution in [0.2, 0.25) is 0 Å². The van der Waals surface area contributed by atoms with Gasteiger partial charge in [-0.05, 0) is 64.6 Å². The summed E-state index contributed by atoms with van der Waals surface area (Å²) in [5.41, 5.74) is 0. The Labute approximate surface area is 101 Å². The van der Waals surface area contributed by atoms with E-state index in [0.717, 1.165) is 30.5 Å². The van der Waals surface area contributed by atoms with Crippen molar-refractivity contribution in [2.75, 3.05) is 20.1 Å². The standard InChI is InChI=1S/C14H28N2/c1-11(10-15-3)12(2)16-9-5-7-13-6-4-8-14(13)16/h11-15H,4-10H2,1-3H3. The first-order chi connectivity index (χ1) is 7.74. The van der Waals surface area contributed by atoms with Gasteiger partial charge in [-0.2, -0.15) is 0 Å². The summed E-state index contributed by atoms with van der Waals surface area (Å²) in [7, 11) is 2.07. The fourth-order valence-electron chi connectivity index (χ4n) is 3.82. The molecule has 1 aliphatic heterocycles. The van der Waals surface area contributed by atoms with Crippen LogP contribution in [0.4, 0.5) is 0 Å². The second-order valence-corrected chi connectivity index (χ2v) is 5.91. The molecule has 0 aromatic heterocycles. The van der Waals surface area contributed by atoms with Crippen LogP contribution >= 0.6 is 0 Å². The van der Waals surface area contributed by atoms with Crippen molar-refractivity contribution in [2.45, 2.75) is 58.0 Å². The predicted octanol–water partition coefficient (Wildman–Crippen LogP) is 2.49. The van der Waals surface area contributed by atoms with Gasteiger partial charge in [0.25, 0.3) is 0 Å². The van der Waals surface area contributed by atoms with Crippen molar-refractivity contribution >= 4 is 0 Å². The molecular formula is C14H28N2. The molecule has 2 fully saturated rings. The van der Waals surface area contributed by atoms with Crippen LogP contribution in [0.1, 0.15) is 46.0 Å². The molecule has 4 unspecified atom stereocenters. The van der Waals surface area contributed by atoms with Crippen molar-refractivity contribution in [3.63, 3.8) is 0 Å². The minimum Gasteiger partial charge on any atom is -0.319 e. The van der Waals surface area contributed by atoms with Crippen molar-refractivity contribution in [1.29, 1.82) is 0 Å². The van der Waals surface area contributed by atoms with Gasteiger partial charge < -0.3 is 5.32 Å². The molecule has 1 heterocycles. The van der Waals surface area contributed by atoms with Crippen molar-refractivity contribution in [3.05, 3.63) is 0 Å². The normalized spacial score (nSPS) is 34.7. The first kappa shape index (κ1) is 12.4. The Morgan fingerprint density at radius 2 is 1.94 bits per heavy atom. The predicted molar refractivity (Wildman–Crippen MR) is 69.6 cm³/mol. The van der Waals surface area contributed by atoms with Crippen molar-refractivity contribution in [1.82, 2.24) is 10.2 Å². The van der Waals surface area contributed by atoms with Crippen molar-refractivity contribution in [3.8, 4) is 0 Å². The van der Waals surface area contributed by atoms with Gasteiger partial charge in [-0.15, -0.1) is 0 Å². The number of rotatable bonds is 4. The summed E-state index contributed by atoms with van der Waals surface area (Å²) in [4.78, 5) is 2.82. The molecule has 0 radical (unpaired) electrons. The van der Waals surface area contributed by atoms with Gasteiger partial charge in [0.1, 0.15) is 0 Å². The zero-order chi connectivity index (χ0) is 11.5. The summed E-state index contributed by atoms with van der Waals surface area (Å²) in [6, 6.07) is 1.67. The first-order valence-corrected chi connectivity index (χ1v) is 7.14. The molecule has 0 bridgehead atoms. The SMILES string of the molecule is CNCC(C)C(C)N1CCCC2CCCC21. The third kappa shape index (κ3) is 2.43. The Hall–Kier alpha value is -0.0800. The van der Waals surface area contributed by atoms with Crippen LogP contribution < -0.4 is 5.32 Å². The summed E-state index contributed by atoms with van der Waals surface area (Å²) in [6.45, 7) is 7.31. The molecule has 4 atom stereocenters. The summed E-state index contributed by atoms with van der Waals surface area (Å²) in [6.07, 6.45) is 7.35. The molecule has 2 nitrogen and oxygen atoms in total. The third-order valence-electron chi connectivity index (χ3n) is 4.91. The maximum Gasteiger partial charge on any atom is 0.0126 e. The smallest absolute Gasteiger partial charge is 0.0126 e. The van der Waals surface area contributed by atoms with Gasteiger partial charge in [-0.3, -0.25) is 4.90 Å². The number of likely N-dealkylation sites (tertiary alicyclic amines) is 1. The number of hydrogen-bond acceptors (Lipinski definition) is 2. The average molecular weight is 224 g/mol. The van der Waals surface area contributed by atoms with Crippen LogP contribution in [0, 0.1) is 11.8 Å². The Balaban J connectivity index is 1.96. The summed E-state index contributed by atoms with van der Waals surface area (Å²) < 4.78 is 0. The van der Waals surface area contributed by atoms with E-state index in [0.29, 0.717) is 0 Å². The van der Waals surface area contributed by atoms with Crippen LogP contribution in [0.3, 0.4) is 0 Å². The fourth-order valence-corrected chi connectivity index (χ4v) is 3.82. The van der Waals surface area contributed by atoms with E-state index in [-0.39, 0.29) is 0 Å². The van der Waals surface area contributed by atoms with Gasteiger partial charge in [0.05, 0.1) is 0 Å². The third-order valence-corrected chi connectivity index (χ3v) is 4.91. The number of fused-ring (bicyclic) bond motifs is 1. The van der Waals surface area contributed by atoms with E-state index in [2.05, 4.69) is 31.1 Å².